The maximum Gasteiger partial charge on any atom is 0.338 e. The van der Waals surface area contributed by atoms with Gasteiger partial charge in [0, 0.05) is 18.0 Å². The van der Waals surface area contributed by atoms with Crippen LogP contribution in [0.15, 0.2) is 18.2 Å². The van der Waals surface area contributed by atoms with Crippen molar-refractivity contribution in [1.82, 2.24) is 4.57 Å². The Hall–Kier alpha value is -2.28. The largest absolute Gasteiger partial charge is 0.465 e. The first kappa shape index (κ1) is 11.2. The van der Waals surface area contributed by atoms with E-state index in [1.165, 1.54) is 7.11 Å². The van der Waals surface area contributed by atoms with E-state index in [0.717, 1.165) is 16.5 Å². The lowest BCUT2D eigenvalue weighted by Crippen LogP contribution is -2.03. The summed E-state index contributed by atoms with van der Waals surface area (Å²) in [5, 5.41) is 9.88. The molecule has 0 unspecified atom stereocenters. The summed E-state index contributed by atoms with van der Waals surface area (Å²) in [5.41, 5.74) is 2.89. The average molecular weight is 228 g/mol. The van der Waals surface area contributed by atoms with Gasteiger partial charge in [-0.15, -0.1) is 0 Å². The molecule has 1 aromatic heterocycles. The highest BCUT2D eigenvalue weighted by molar-refractivity contribution is 5.98. The van der Waals surface area contributed by atoms with E-state index in [2.05, 4.69) is 6.07 Å². The number of nitriles is 1. The number of rotatable bonds is 1. The predicted molar refractivity (Wildman–Crippen MR) is 63.7 cm³/mol. The number of benzene rings is 1. The van der Waals surface area contributed by atoms with E-state index in [9.17, 15) is 4.79 Å². The van der Waals surface area contributed by atoms with Crippen molar-refractivity contribution in [2.45, 2.75) is 6.92 Å². The zero-order valence-corrected chi connectivity index (χ0v) is 9.94. The van der Waals surface area contributed by atoms with Gasteiger partial charge in [-0.25, -0.2) is 4.79 Å². The third-order valence-corrected chi connectivity index (χ3v) is 3.02. The molecule has 0 saturated heterocycles. The molecule has 1 aromatic carbocycles. The Kier molecular flexibility index (Phi) is 2.60. The molecule has 0 aliphatic carbocycles. The van der Waals surface area contributed by atoms with Crippen LogP contribution in [-0.4, -0.2) is 17.6 Å². The summed E-state index contributed by atoms with van der Waals surface area (Å²) in [6.45, 7) is 1.86. The Bertz CT molecular complexity index is 647. The smallest absolute Gasteiger partial charge is 0.338 e. The fourth-order valence-corrected chi connectivity index (χ4v) is 1.99. The second kappa shape index (κ2) is 3.95. The van der Waals surface area contributed by atoms with Crippen LogP contribution in [0.4, 0.5) is 0 Å². The van der Waals surface area contributed by atoms with Gasteiger partial charge in [0.25, 0.3) is 0 Å². The van der Waals surface area contributed by atoms with Crippen molar-refractivity contribution in [3.63, 3.8) is 0 Å². The molecule has 17 heavy (non-hydrogen) atoms. The minimum absolute atomic E-state index is 0.355. The van der Waals surface area contributed by atoms with Gasteiger partial charge in [0.15, 0.2) is 0 Å². The molecule has 0 amide bonds. The standard InChI is InChI=1S/C13H12N2O2/c1-8-10(13(16)17-3)4-5-12-11(8)6-9(7-14)15(12)2/h4-6H,1-3H3. The van der Waals surface area contributed by atoms with E-state index in [1.807, 2.05) is 24.6 Å². The molecule has 2 aromatic rings. The molecule has 0 aliphatic heterocycles. The third-order valence-electron chi connectivity index (χ3n) is 3.02. The van der Waals surface area contributed by atoms with E-state index in [0.29, 0.717) is 11.3 Å². The zero-order valence-electron chi connectivity index (χ0n) is 9.94. The minimum Gasteiger partial charge on any atom is -0.465 e. The molecule has 4 nitrogen and oxygen atoms in total. The summed E-state index contributed by atoms with van der Waals surface area (Å²) in [6, 6.07) is 7.47. The molecule has 0 aliphatic rings. The lowest BCUT2D eigenvalue weighted by atomic mass is 10.0. The highest BCUT2D eigenvalue weighted by atomic mass is 16.5. The quantitative estimate of drug-likeness (QED) is 0.703. The van der Waals surface area contributed by atoms with Crippen LogP contribution in [0.25, 0.3) is 10.9 Å². The highest BCUT2D eigenvalue weighted by Gasteiger charge is 2.14. The van der Waals surface area contributed by atoms with Gasteiger partial charge in [0.05, 0.1) is 12.7 Å². The summed E-state index contributed by atoms with van der Waals surface area (Å²) in [7, 11) is 3.19. The molecule has 4 heteroatoms. The van der Waals surface area contributed by atoms with Crippen LogP contribution in [0.2, 0.25) is 0 Å². The summed E-state index contributed by atoms with van der Waals surface area (Å²) in [5.74, 6) is -0.355. The molecule has 0 saturated carbocycles. The Morgan fingerprint density at radius 2 is 2.18 bits per heavy atom. The monoisotopic (exact) mass is 228 g/mol. The molecule has 86 valence electrons. The van der Waals surface area contributed by atoms with E-state index in [4.69, 9.17) is 10.00 Å². The van der Waals surface area contributed by atoms with E-state index in [1.54, 1.807) is 12.1 Å². The van der Waals surface area contributed by atoms with E-state index < -0.39 is 0 Å². The van der Waals surface area contributed by atoms with Crippen LogP contribution < -0.4 is 0 Å². The zero-order chi connectivity index (χ0) is 12.6. The van der Waals surface area contributed by atoms with Crippen molar-refractivity contribution >= 4 is 16.9 Å². The van der Waals surface area contributed by atoms with Crippen molar-refractivity contribution in [2.24, 2.45) is 7.05 Å². The van der Waals surface area contributed by atoms with Crippen molar-refractivity contribution < 1.29 is 9.53 Å². The van der Waals surface area contributed by atoms with Gasteiger partial charge in [-0.2, -0.15) is 5.26 Å². The fraction of sp³-hybridized carbons (Fsp3) is 0.231. The minimum atomic E-state index is -0.355. The number of hydrogen-bond acceptors (Lipinski definition) is 3. The van der Waals surface area contributed by atoms with E-state index in [-0.39, 0.29) is 5.97 Å². The number of hydrogen-bond donors (Lipinski definition) is 0. The topological polar surface area (TPSA) is 55.0 Å². The summed E-state index contributed by atoms with van der Waals surface area (Å²) in [6.07, 6.45) is 0. The fourth-order valence-electron chi connectivity index (χ4n) is 1.99. The van der Waals surface area contributed by atoms with Crippen molar-refractivity contribution in [1.29, 1.82) is 5.26 Å². The second-order valence-corrected chi connectivity index (χ2v) is 3.86. The van der Waals surface area contributed by atoms with Gasteiger partial charge in [-0.1, -0.05) is 0 Å². The number of fused-ring (bicyclic) bond motifs is 1. The van der Waals surface area contributed by atoms with Crippen molar-refractivity contribution in [3.05, 3.63) is 35.0 Å². The number of aromatic nitrogens is 1. The van der Waals surface area contributed by atoms with Crippen LogP contribution in [0.1, 0.15) is 21.6 Å². The Labute approximate surface area is 99.0 Å². The van der Waals surface area contributed by atoms with E-state index >= 15 is 0 Å². The molecule has 0 N–H and O–H groups in total. The number of nitrogens with zero attached hydrogens (tertiary/aromatic N) is 2. The summed E-state index contributed by atoms with van der Waals surface area (Å²) in [4.78, 5) is 11.5. The van der Waals surface area contributed by atoms with Gasteiger partial charge >= 0.3 is 5.97 Å². The maximum atomic E-state index is 11.5. The summed E-state index contributed by atoms with van der Waals surface area (Å²) >= 11 is 0. The van der Waals surface area contributed by atoms with Crippen LogP contribution in [0, 0.1) is 18.3 Å². The number of methoxy groups -OCH3 is 1. The van der Waals surface area contributed by atoms with Crippen LogP contribution in [0.3, 0.4) is 0 Å². The Balaban J connectivity index is 2.77. The Morgan fingerprint density at radius 1 is 1.47 bits per heavy atom. The molecule has 0 radical (unpaired) electrons. The highest BCUT2D eigenvalue weighted by Crippen LogP contribution is 2.25. The number of carbonyl (C=O) groups is 1. The average Bonchev–Trinajstić information content (AvgIpc) is 2.67. The van der Waals surface area contributed by atoms with Crippen molar-refractivity contribution in [2.75, 3.05) is 7.11 Å². The third kappa shape index (κ3) is 1.56. The predicted octanol–water partition coefficient (Wildman–Crippen LogP) is 2.14. The number of carbonyl (C=O) groups excluding carboxylic acids is 1. The summed E-state index contributed by atoms with van der Waals surface area (Å²) < 4.78 is 6.53. The molecular weight excluding hydrogens is 216 g/mol. The normalized spacial score (nSPS) is 10.2. The van der Waals surface area contributed by atoms with Crippen molar-refractivity contribution in [3.8, 4) is 6.07 Å². The number of ether oxygens (including phenoxy) is 1. The molecule has 0 atom stereocenters. The second-order valence-electron chi connectivity index (χ2n) is 3.86. The van der Waals surface area contributed by atoms with Crippen LogP contribution >= 0.6 is 0 Å². The lowest BCUT2D eigenvalue weighted by Gasteiger charge is -2.05. The molecule has 2 rings (SSSR count). The van der Waals surface area contributed by atoms with Gasteiger partial charge in [-0.3, -0.25) is 0 Å². The van der Waals surface area contributed by atoms with Crippen LogP contribution in [-0.2, 0) is 11.8 Å². The van der Waals surface area contributed by atoms with Gasteiger partial charge in [0.2, 0.25) is 0 Å². The number of esters is 1. The molecule has 0 fully saturated rings. The molecule has 0 bridgehead atoms. The maximum absolute atomic E-state index is 11.5. The first-order valence-corrected chi connectivity index (χ1v) is 5.17. The van der Waals surface area contributed by atoms with Gasteiger partial charge < -0.3 is 9.30 Å². The van der Waals surface area contributed by atoms with Crippen LogP contribution in [0.5, 0.6) is 0 Å². The lowest BCUT2D eigenvalue weighted by molar-refractivity contribution is 0.0600. The molecule has 0 spiro atoms. The van der Waals surface area contributed by atoms with Gasteiger partial charge in [0.1, 0.15) is 11.8 Å². The first-order chi connectivity index (χ1) is 8.10. The van der Waals surface area contributed by atoms with Gasteiger partial charge in [-0.05, 0) is 30.7 Å². The first-order valence-electron chi connectivity index (χ1n) is 5.17. The molecule has 1 heterocycles. The molecular formula is C13H12N2O2. The SMILES string of the molecule is COC(=O)c1ccc2c(cc(C#N)n2C)c1C. The number of aryl methyl sites for hydroxylation is 2. The Morgan fingerprint density at radius 3 is 2.76 bits per heavy atom.